The molecule has 0 spiro atoms. The summed E-state index contributed by atoms with van der Waals surface area (Å²) < 4.78 is 0. The number of carboxylic acids is 2. The van der Waals surface area contributed by atoms with E-state index in [2.05, 4.69) is 0 Å². The lowest BCUT2D eigenvalue weighted by Gasteiger charge is -2.22. The maximum absolute atomic E-state index is 11.9. The smallest absolute Gasteiger partial charge is 0.305 e. The van der Waals surface area contributed by atoms with E-state index in [9.17, 15) is 14.4 Å². The fourth-order valence-electron chi connectivity index (χ4n) is 1.83. The van der Waals surface area contributed by atoms with Crippen molar-refractivity contribution in [2.75, 3.05) is 13.1 Å². The number of hydrogen-bond donors (Lipinski definition) is 2. The maximum Gasteiger partial charge on any atom is 0.305 e. The molecule has 0 fully saturated rings. The van der Waals surface area contributed by atoms with Gasteiger partial charge in [-0.05, 0) is 19.3 Å². The third-order valence-electron chi connectivity index (χ3n) is 3.01. The molecule has 6 heteroatoms. The molecular formula is C14H25NO5. The van der Waals surface area contributed by atoms with Gasteiger partial charge in [0.1, 0.15) is 0 Å². The maximum atomic E-state index is 11.9. The molecule has 0 aromatic rings. The Morgan fingerprint density at radius 1 is 0.800 bits per heavy atom. The second-order valence-corrected chi connectivity index (χ2v) is 4.83. The molecule has 116 valence electrons. The Bertz CT molecular complexity index is 317. The largest absolute Gasteiger partial charge is 0.481 e. The number of unbranched alkanes of at least 4 members (excludes halogenated alkanes) is 3. The molecule has 0 aromatic heterocycles. The molecular weight excluding hydrogens is 262 g/mol. The minimum atomic E-state index is -0.913. The molecule has 0 unspecified atom stereocenters. The molecule has 0 saturated carbocycles. The van der Waals surface area contributed by atoms with Crippen LogP contribution in [0.4, 0.5) is 0 Å². The highest BCUT2D eigenvalue weighted by molar-refractivity contribution is 5.77. The number of aliphatic carboxylic acids is 2. The van der Waals surface area contributed by atoms with Gasteiger partial charge in [0.2, 0.25) is 5.91 Å². The molecule has 0 saturated heterocycles. The van der Waals surface area contributed by atoms with Gasteiger partial charge >= 0.3 is 11.9 Å². The summed E-state index contributed by atoms with van der Waals surface area (Å²) in [6.45, 7) is 2.74. The number of carbonyl (C=O) groups excluding carboxylic acids is 1. The quantitative estimate of drug-likeness (QED) is 0.536. The first-order chi connectivity index (χ1) is 9.47. The second-order valence-electron chi connectivity index (χ2n) is 4.83. The number of nitrogens with zero attached hydrogens (tertiary/aromatic N) is 1. The predicted molar refractivity (Wildman–Crippen MR) is 74.5 cm³/mol. The summed E-state index contributed by atoms with van der Waals surface area (Å²) in [6.07, 6.45) is 4.31. The van der Waals surface area contributed by atoms with Crippen LogP contribution in [0.15, 0.2) is 0 Å². The fourth-order valence-corrected chi connectivity index (χ4v) is 1.83. The lowest BCUT2D eigenvalue weighted by atomic mass is 10.1. The second kappa shape index (κ2) is 11.3. The third kappa shape index (κ3) is 10.3. The molecule has 0 atom stereocenters. The first-order valence-corrected chi connectivity index (χ1v) is 7.18. The normalized spacial score (nSPS) is 10.2. The van der Waals surface area contributed by atoms with Gasteiger partial charge in [0.15, 0.2) is 0 Å². The standard InChI is InChI=1S/C14H25NO5/c1-2-3-7-12(16)15(11-9-14(19)20)10-6-4-5-8-13(17)18/h2-11H2,1H3,(H,17,18)(H,19,20). The Kier molecular flexibility index (Phi) is 10.4. The summed E-state index contributed by atoms with van der Waals surface area (Å²) in [5.41, 5.74) is 0. The molecule has 0 bridgehead atoms. The zero-order chi connectivity index (χ0) is 15.4. The molecule has 1 amide bonds. The van der Waals surface area contributed by atoms with Crippen LogP contribution in [0, 0.1) is 0 Å². The van der Waals surface area contributed by atoms with Crippen LogP contribution in [0.1, 0.15) is 58.3 Å². The van der Waals surface area contributed by atoms with Crippen molar-refractivity contribution in [1.29, 1.82) is 0 Å². The molecule has 0 rings (SSSR count). The van der Waals surface area contributed by atoms with Crippen molar-refractivity contribution >= 4 is 17.8 Å². The fraction of sp³-hybridized carbons (Fsp3) is 0.786. The molecule has 0 aliphatic heterocycles. The van der Waals surface area contributed by atoms with Crippen molar-refractivity contribution < 1.29 is 24.6 Å². The summed E-state index contributed by atoms with van der Waals surface area (Å²) in [7, 11) is 0. The Hall–Kier alpha value is -1.59. The van der Waals surface area contributed by atoms with Gasteiger partial charge in [0, 0.05) is 25.9 Å². The van der Waals surface area contributed by atoms with Crippen molar-refractivity contribution in [1.82, 2.24) is 4.90 Å². The van der Waals surface area contributed by atoms with Crippen LogP contribution < -0.4 is 0 Å². The molecule has 0 heterocycles. The van der Waals surface area contributed by atoms with Gasteiger partial charge in [0.25, 0.3) is 0 Å². The minimum Gasteiger partial charge on any atom is -0.481 e. The van der Waals surface area contributed by atoms with Crippen LogP contribution in [0.2, 0.25) is 0 Å². The van der Waals surface area contributed by atoms with E-state index in [1.165, 1.54) is 0 Å². The zero-order valence-corrected chi connectivity index (χ0v) is 12.1. The van der Waals surface area contributed by atoms with Gasteiger partial charge in [-0.1, -0.05) is 19.8 Å². The molecule has 20 heavy (non-hydrogen) atoms. The van der Waals surface area contributed by atoms with E-state index in [1.807, 2.05) is 6.92 Å². The van der Waals surface area contributed by atoms with Gasteiger partial charge < -0.3 is 15.1 Å². The first-order valence-electron chi connectivity index (χ1n) is 7.18. The Labute approximate surface area is 119 Å². The van der Waals surface area contributed by atoms with Crippen molar-refractivity contribution in [2.45, 2.75) is 58.3 Å². The monoisotopic (exact) mass is 287 g/mol. The van der Waals surface area contributed by atoms with E-state index < -0.39 is 11.9 Å². The number of carbonyl (C=O) groups is 3. The Morgan fingerprint density at radius 2 is 1.45 bits per heavy atom. The predicted octanol–water partition coefficient (Wildman–Crippen LogP) is 2.12. The highest BCUT2D eigenvalue weighted by Crippen LogP contribution is 2.06. The van der Waals surface area contributed by atoms with Crippen LogP contribution in [0.3, 0.4) is 0 Å². The highest BCUT2D eigenvalue weighted by Gasteiger charge is 2.13. The molecule has 2 N–H and O–H groups in total. The topological polar surface area (TPSA) is 94.9 Å². The van der Waals surface area contributed by atoms with Crippen molar-refractivity contribution in [3.05, 3.63) is 0 Å². The van der Waals surface area contributed by atoms with E-state index in [1.54, 1.807) is 4.90 Å². The Balaban J connectivity index is 4.06. The van der Waals surface area contributed by atoms with Gasteiger partial charge in [-0.25, -0.2) is 0 Å². The number of amides is 1. The zero-order valence-electron chi connectivity index (χ0n) is 12.1. The summed E-state index contributed by atoms with van der Waals surface area (Å²) in [5.74, 6) is -1.73. The van der Waals surface area contributed by atoms with E-state index in [4.69, 9.17) is 10.2 Å². The first kappa shape index (κ1) is 18.4. The summed E-state index contributed by atoms with van der Waals surface area (Å²) in [6, 6.07) is 0. The van der Waals surface area contributed by atoms with Crippen LogP contribution in [-0.4, -0.2) is 46.0 Å². The van der Waals surface area contributed by atoms with E-state index >= 15 is 0 Å². The minimum absolute atomic E-state index is 0.00802. The van der Waals surface area contributed by atoms with E-state index in [0.717, 1.165) is 19.3 Å². The van der Waals surface area contributed by atoms with Gasteiger partial charge in [-0.2, -0.15) is 0 Å². The number of carboxylic acid groups (broad SMARTS) is 2. The third-order valence-corrected chi connectivity index (χ3v) is 3.01. The molecule has 0 radical (unpaired) electrons. The number of rotatable bonds is 12. The molecule has 0 aromatic carbocycles. The van der Waals surface area contributed by atoms with Crippen LogP contribution >= 0.6 is 0 Å². The van der Waals surface area contributed by atoms with Crippen LogP contribution in [0.5, 0.6) is 0 Å². The summed E-state index contributed by atoms with van der Waals surface area (Å²) in [4.78, 5) is 34.5. The SMILES string of the molecule is CCCCC(=O)N(CCCCCC(=O)O)CCC(=O)O. The lowest BCUT2D eigenvalue weighted by Crippen LogP contribution is -2.33. The summed E-state index contributed by atoms with van der Waals surface area (Å²) in [5, 5.41) is 17.2. The van der Waals surface area contributed by atoms with Crippen LogP contribution in [-0.2, 0) is 14.4 Å². The van der Waals surface area contributed by atoms with Gasteiger partial charge in [-0.15, -0.1) is 0 Å². The van der Waals surface area contributed by atoms with Gasteiger partial charge in [0.05, 0.1) is 6.42 Å². The lowest BCUT2D eigenvalue weighted by molar-refractivity contribution is -0.139. The van der Waals surface area contributed by atoms with Crippen molar-refractivity contribution in [3.63, 3.8) is 0 Å². The average Bonchev–Trinajstić information content (AvgIpc) is 2.38. The van der Waals surface area contributed by atoms with Gasteiger partial charge in [-0.3, -0.25) is 14.4 Å². The molecule has 0 aliphatic rings. The van der Waals surface area contributed by atoms with Crippen molar-refractivity contribution in [3.8, 4) is 0 Å². The van der Waals surface area contributed by atoms with Crippen molar-refractivity contribution in [2.24, 2.45) is 0 Å². The Morgan fingerprint density at radius 3 is 2.00 bits per heavy atom. The van der Waals surface area contributed by atoms with Crippen LogP contribution in [0.25, 0.3) is 0 Å². The van der Waals surface area contributed by atoms with E-state index in [-0.39, 0.29) is 25.3 Å². The number of hydrogen-bond acceptors (Lipinski definition) is 3. The van der Waals surface area contributed by atoms with E-state index in [0.29, 0.717) is 25.8 Å². The molecule has 6 nitrogen and oxygen atoms in total. The highest BCUT2D eigenvalue weighted by atomic mass is 16.4. The summed E-state index contributed by atoms with van der Waals surface area (Å²) >= 11 is 0. The average molecular weight is 287 g/mol. The molecule has 0 aliphatic carbocycles.